The fraction of sp³-hybridized carbons (Fsp3) is 0.167. The Morgan fingerprint density at radius 1 is 0.944 bits per heavy atom. The number of nitrogens with one attached hydrogen (secondary N) is 4. The molecule has 12 heteroatoms. The Hall–Kier alpha value is -4.61. The van der Waals surface area contributed by atoms with Crippen LogP contribution in [0.2, 0.25) is 0 Å². The fourth-order valence-electron chi connectivity index (χ4n) is 3.40. The predicted octanol–water partition coefficient (Wildman–Crippen LogP) is 5.73. The molecule has 2 amide bonds. The summed E-state index contributed by atoms with van der Waals surface area (Å²) in [6, 6.07) is 12.6. The van der Waals surface area contributed by atoms with Crippen molar-refractivity contribution < 1.29 is 18.0 Å². The number of urea groups is 1. The maximum absolute atomic E-state index is 12.9. The predicted molar refractivity (Wildman–Crippen MR) is 132 cm³/mol. The van der Waals surface area contributed by atoms with Crippen molar-refractivity contribution in [2.24, 2.45) is 0 Å². The van der Waals surface area contributed by atoms with Gasteiger partial charge in [-0.05, 0) is 49.7 Å². The molecule has 0 bridgehead atoms. The first kappa shape index (κ1) is 24.5. The number of carbonyl (C=O) groups is 1. The van der Waals surface area contributed by atoms with E-state index in [9.17, 15) is 18.0 Å². The molecule has 0 aliphatic heterocycles. The molecule has 0 atom stereocenters. The Kier molecular flexibility index (Phi) is 6.77. The van der Waals surface area contributed by atoms with Crippen molar-refractivity contribution in [1.29, 1.82) is 0 Å². The summed E-state index contributed by atoms with van der Waals surface area (Å²) >= 11 is 0. The van der Waals surface area contributed by atoms with E-state index in [1.165, 1.54) is 18.5 Å². The van der Waals surface area contributed by atoms with Crippen LogP contribution in [0.5, 0.6) is 0 Å². The minimum absolute atomic E-state index is 0.0259. The quantitative estimate of drug-likeness (QED) is 0.272. The van der Waals surface area contributed by atoms with Gasteiger partial charge < -0.3 is 21.3 Å². The molecular formula is C24H23F3N8O. The van der Waals surface area contributed by atoms with Crippen molar-refractivity contribution in [2.45, 2.75) is 20.0 Å². The van der Waals surface area contributed by atoms with Crippen LogP contribution in [0.25, 0.3) is 5.82 Å². The largest absolute Gasteiger partial charge is 0.416 e. The third-order valence-electron chi connectivity index (χ3n) is 5.16. The van der Waals surface area contributed by atoms with Crippen LogP contribution in [0.1, 0.15) is 16.8 Å². The zero-order valence-electron chi connectivity index (χ0n) is 19.6. The second kappa shape index (κ2) is 9.94. The van der Waals surface area contributed by atoms with Crippen LogP contribution in [0.3, 0.4) is 0 Å². The van der Waals surface area contributed by atoms with Gasteiger partial charge in [0.1, 0.15) is 18.0 Å². The summed E-state index contributed by atoms with van der Waals surface area (Å²) in [5, 5.41) is 15.8. The Morgan fingerprint density at radius 2 is 1.69 bits per heavy atom. The number of hydrogen-bond donors (Lipinski definition) is 4. The Morgan fingerprint density at radius 3 is 2.42 bits per heavy atom. The number of amides is 2. The average molecular weight is 496 g/mol. The normalized spacial score (nSPS) is 11.2. The molecule has 2 aromatic heterocycles. The van der Waals surface area contributed by atoms with Gasteiger partial charge in [-0.3, -0.25) is 0 Å². The second-order valence-electron chi connectivity index (χ2n) is 7.91. The van der Waals surface area contributed by atoms with Crippen LogP contribution in [0, 0.1) is 13.8 Å². The number of halogens is 3. The van der Waals surface area contributed by atoms with E-state index in [4.69, 9.17) is 0 Å². The summed E-state index contributed by atoms with van der Waals surface area (Å²) in [7, 11) is 1.75. The molecule has 0 spiro atoms. The summed E-state index contributed by atoms with van der Waals surface area (Å²) in [5.74, 6) is 1.83. The zero-order chi connectivity index (χ0) is 25.9. The number of carbonyl (C=O) groups excluding carboxylic acids is 1. The minimum Gasteiger partial charge on any atom is -0.373 e. The molecule has 4 rings (SSSR count). The topological polar surface area (TPSA) is 109 Å². The van der Waals surface area contributed by atoms with E-state index >= 15 is 0 Å². The highest BCUT2D eigenvalue weighted by Gasteiger charge is 2.30. The first-order valence-corrected chi connectivity index (χ1v) is 10.8. The number of anilines is 5. The third kappa shape index (κ3) is 5.71. The van der Waals surface area contributed by atoms with Crippen molar-refractivity contribution in [2.75, 3.05) is 28.3 Å². The van der Waals surface area contributed by atoms with Crippen molar-refractivity contribution in [3.8, 4) is 5.82 Å². The SMILES string of the molecule is CNc1cc(-n2nc(C)cc2Nc2cc(NC(=O)Nc3cccc(C(F)(F)F)c3)ccc2C)ncn1. The summed E-state index contributed by atoms with van der Waals surface area (Å²) in [4.78, 5) is 20.8. The zero-order valence-corrected chi connectivity index (χ0v) is 19.6. The average Bonchev–Trinajstić information content (AvgIpc) is 3.20. The molecule has 0 radical (unpaired) electrons. The lowest BCUT2D eigenvalue weighted by atomic mass is 10.1. The van der Waals surface area contributed by atoms with E-state index in [1.54, 1.807) is 36.0 Å². The highest BCUT2D eigenvalue weighted by atomic mass is 19.4. The molecule has 0 unspecified atom stereocenters. The Bertz CT molecular complexity index is 1400. The standard InChI is InChI=1S/C24H23F3N8O/c1-14-7-8-18(32-23(36)31-17-6-4-5-16(10-17)24(25,26)27)11-19(14)33-22-9-15(2)34-35(22)21-12-20(28-3)29-13-30-21/h4-13,33H,1-3H3,(H,28,29,30)(H2,31,32,36). The van der Waals surface area contributed by atoms with Gasteiger partial charge in [-0.2, -0.15) is 23.0 Å². The number of alkyl halides is 3. The van der Waals surface area contributed by atoms with Gasteiger partial charge in [-0.15, -0.1) is 0 Å². The molecule has 0 saturated heterocycles. The van der Waals surface area contributed by atoms with Crippen LogP contribution in [-0.2, 0) is 6.18 Å². The summed E-state index contributed by atoms with van der Waals surface area (Å²) in [5.41, 5.74) is 1.96. The molecule has 0 fully saturated rings. The van der Waals surface area contributed by atoms with Crippen molar-refractivity contribution >= 4 is 34.7 Å². The first-order chi connectivity index (χ1) is 17.1. The number of hydrogen-bond acceptors (Lipinski definition) is 6. The number of aryl methyl sites for hydroxylation is 2. The molecule has 0 aliphatic carbocycles. The molecule has 2 heterocycles. The molecule has 4 aromatic rings. The van der Waals surface area contributed by atoms with E-state index < -0.39 is 17.8 Å². The van der Waals surface area contributed by atoms with E-state index in [0.29, 0.717) is 28.8 Å². The maximum atomic E-state index is 12.9. The van der Waals surface area contributed by atoms with Crippen LogP contribution in [0.4, 0.5) is 46.7 Å². The van der Waals surface area contributed by atoms with Gasteiger partial charge in [0, 0.05) is 36.2 Å². The molecule has 4 N–H and O–H groups in total. The van der Waals surface area contributed by atoms with E-state index in [-0.39, 0.29) is 5.69 Å². The van der Waals surface area contributed by atoms with Crippen LogP contribution < -0.4 is 21.3 Å². The maximum Gasteiger partial charge on any atom is 0.416 e. The molecule has 9 nitrogen and oxygen atoms in total. The van der Waals surface area contributed by atoms with Crippen molar-refractivity contribution in [3.05, 3.63) is 77.7 Å². The first-order valence-electron chi connectivity index (χ1n) is 10.8. The van der Waals surface area contributed by atoms with Crippen molar-refractivity contribution in [3.63, 3.8) is 0 Å². The smallest absolute Gasteiger partial charge is 0.373 e. The highest BCUT2D eigenvalue weighted by molar-refractivity contribution is 6.00. The van der Waals surface area contributed by atoms with Gasteiger partial charge in [-0.1, -0.05) is 12.1 Å². The lowest BCUT2D eigenvalue weighted by molar-refractivity contribution is -0.137. The van der Waals surface area contributed by atoms with Gasteiger partial charge >= 0.3 is 12.2 Å². The molecule has 186 valence electrons. The number of nitrogens with zero attached hydrogens (tertiary/aromatic N) is 4. The molecular weight excluding hydrogens is 473 g/mol. The molecule has 2 aromatic carbocycles. The van der Waals surface area contributed by atoms with Gasteiger partial charge in [0.05, 0.1) is 11.3 Å². The van der Waals surface area contributed by atoms with E-state index in [2.05, 4.69) is 36.3 Å². The van der Waals surface area contributed by atoms with Gasteiger partial charge in [0.2, 0.25) is 0 Å². The Balaban J connectivity index is 1.52. The fourth-order valence-corrected chi connectivity index (χ4v) is 3.40. The summed E-state index contributed by atoms with van der Waals surface area (Å²) < 4.78 is 40.5. The van der Waals surface area contributed by atoms with Gasteiger partial charge in [0.25, 0.3) is 0 Å². The van der Waals surface area contributed by atoms with Crippen LogP contribution >= 0.6 is 0 Å². The number of rotatable bonds is 6. The lowest BCUT2D eigenvalue weighted by Crippen LogP contribution is -2.20. The monoisotopic (exact) mass is 496 g/mol. The van der Waals surface area contributed by atoms with Crippen LogP contribution in [0.15, 0.2) is 60.9 Å². The molecule has 36 heavy (non-hydrogen) atoms. The Labute approximate surface area is 204 Å². The summed E-state index contributed by atoms with van der Waals surface area (Å²) in [6.07, 6.45) is -3.07. The van der Waals surface area contributed by atoms with E-state index in [0.717, 1.165) is 23.4 Å². The van der Waals surface area contributed by atoms with Gasteiger partial charge in [-0.25, -0.2) is 14.8 Å². The van der Waals surface area contributed by atoms with Crippen molar-refractivity contribution in [1.82, 2.24) is 19.7 Å². The van der Waals surface area contributed by atoms with E-state index in [1.807, 2.05) is 19.9 Å². The number of aromatic nitrogens is 4. The lowest BCUT2D eigenvalue weighted by Gasteiger charge is -2.14. The highest BCUT2D eigenvalue weighted by Crippen LogP contribution is 2.31. The third-order valence-corrected chi connectivity index (χ3v) is 5.16. The van der Waals surface area contributed by atoms with Crippen LogP contribution in [-0.4, -0.2) is 32.8 Å². The second-order valence-corrected chi connectivity index (χ2v) is 7.91. The number of benzene rings is 2. The molecule has 0 saturated carbocycles. The minimum atomic E-state index is -4.50. The van der Waals surface area contributed by atoms with Gasteiger partial charge in [0.15, 0.2) is 5.82 Å². The molecule has 0 aliphatic rings. The summed E-state index contributed by atoms with van der Waals surface area (Å²) in [6.45, 7) is 3.75.